The highest BCUT2D eigenvalue weighted by atomic mass is 35.5. The van der Waals surface area contributed by atoms with Crippen molar-refractivity contribution in [3.05, 3.63) is 59.4 Å². The average Bonchev–Trinajstić information content (AvgIpc) is 3.12. The Bertz CT molecular complexity index is 841. The van der Waals surface area contributed by atoms with Crippen LogP contribution in [0.25, 0.3) is 0 Å². The van der Waals surface area contributed by atoms with E-state index >= 15 is 0 Å². The third-order valence-corrected chi connectivity index (χ3v) is 6.27. The first-order valence-corrected chi connectivity index (χ1v) is 9.75. The van der Waals surface area contributed by atoms with E-state index in [1.165, 1.54) is 28.6 Å². The molecule has 2 heterocycles. The van der Waals surface area contributed by atoms with Crippen molar-refractivity contribution in [1.82, 2.24) is 14.6 Å². The number of carbonyl (C=O) groups excluding carboxylic acids is 1. The summed E-state index contributed by atoms with van der Waals surface area (Å²) in [5.74, 6) is -0.305. The molecule has 132 valence electrons. The van der Waals surface area contributed by atoms with Crippen molar-refractivity contribution in [2.24, 2.45) is 0 Å². The first kappa shape index (κ1) is 17.8. The highest BCUT2D eigenvalue weighted by molar-refractivity contribution is 7.89. The van der Waals surface area contributed by atoms with Gasteiger partial charge >= 0.3 is 0 Å². The minimum atomic E-state index is -3.73. The molecule has 1 atom stereocenters. The Kier molecular flexibility index (Phi) is 5.36. The van der Waals surface area contributed by atoms with E-state index in [1.54, 1.807) is 18.3 Å². The number of benzene rings is 1. The normalized spacial score (nSPS) is 18.2. The lowest BCUT2D eigenvalue weighted by molar-refractivity contribution is -0.124. The number of nitrogens with one attached hydrogen (secondary N) is 1. The maximum absolute atomic E-state index is 12.8. The van der Waals surface area contributed by atoms with Crippen LogP contribution in [0.3, 0.4) is 0 Å². The number of aromatic nitrogens is 1. The van der Waals surface area contributed by atoms with Crippen LogP contribution >= 0.6 is 11.6 Å². The molecular formula is C17H18ClN3O3S. The van der Waals surface area contributed by atoms with E-state index in [2.05, 4.69) is 10.3 Å². The van der Waals surface area contributed by atoms with Gasteiger partial charge in [-0.3, -0.25) is 9.78 Å². The fourth-order valence-electron chi connectivity index (χ4n) is 2.83. The van der Waals surface area contributed by atoms with E-state index in [0.717, 1.165) is 5.69 Å². The van der Waals surface area contributed by atoms with E-state index < -0.39 is 16.1 Å². The van der Waals surface area contributed by atoms with Crippen LogP contribution in [0.15, 0.2) is 53.6 Å². The third kappa shape index (κ3) is 4.00. The molecule has 0 bridgehead atoms. The lowest BCUT2D eigenvalue weighted by atomic mass is 10.2. The SMILES string of the molecule is O=C(NCc1ccccn1)C1CCCN1S(=O)(=O)c1ccc(Cl)cc1. The van der Waals surface area contributed by atoms with Gasteiger partial charge in [-0.1, -0.05) is 17.7 Å². The highest BCUT2D eigenvalue weighted by Gasteiger charge is 2.39. The number of rotatable bonds is 5. The summed E-state index contributed by atoms with van der Waals surface area (Å²) in [6.07, 6.45) is 2.80. The summed E-state index contributed by atoms with van der Waals surface area (Å²) in [5.41, 5.74) is 0.723. The molecule has 1 amide bonds. The number of nitrogens with zero attached hydrogens (tertiary/aromatic N) is 2. The molecular weight excluding hydrogens is 362 g/mol. The van der Waals surface area contributed by atoms with Crippen LogP contribution in [-0.4, -0.2) is 36.2 Å². The van der Waals surface area contributed by atoms with Crippen molar-refractivity contribution >= 4 is 27.5 Å². The van der Waals surface area contributed by atoms with Gasteiger partial charge in [0.15, 0.2) is 0 Å². The lowest BCUT2D eigenvalue weighted by Gasteiger charge is -2.23. The molecule has 1 aliphatic heterocycles. The number of pyridine rings is 1. The van der Waals surface area contributed by atoms with Crippen molar-refractivity contribution < 1.29 is 13.2 Å². The van der Waals surface area contributed by atoms with E-state index in [1.807, 2.05) is 6.07 Å². The molecule has 0 saturated carbocycles. The van der Waals surface area contributed by atoms with Gasteiger partial charge in [0.25, 0.3) is 0 Å². The summed E-state index contributed by atoms with van der Waals surface area (Å²) in [4.78, 5) is 16.8. The number of halogens is 1. The van der Waals surface area contributed by atoms with E-state index in [-0.39, 0.29) is 17.3 Å². The summed E-state index contributed by atoms with van der Waals surface area (Å²) < 4.78 is 26.9. The third-order valence-electron chi connectivity index (χ3n) is 4.10. The number of hydrogen-bond donors (Lipinski definition) is 1. The van der Waals surface area contributed by atoms with Crippen LogP contribution in [0, 0.1) is 0 Å². The van der Waals surface area contributed by atoms with Gasteiger partial charge in [0.1, 0.15) is 6.04 Å². The summed E-state index contributed by atoms with van der Waals surface area (Å²) >= 11 is 5.82. The second-order valence-electron chi connectivity index (χ2n) is 5.77. The molecule has 6 nitrogen and oxygen atoms in total. The van der Waals surface area contributed by atoms with Gasteiger partial charge in [-0.25, -0.2) is 8.42 Å². The zero-order valence-corrected chi connectivity index (χ0v) is 15.0. The quantitative estimate of drug-likeness (QED) is 0.863. The van der Waals surface area contributed by atoms with Crippen LogP contribution in [0.5, 0.6) is 0 Å². The average molecular weight is 380 g/mol. The summed E-state index contributed by atoms with van der Waals surface area (Å²) in [5, 5.41) is 3.24. The molecule has 2 aromatic rings. The Balaban J connectivity index is 1.73. The topological polar surface area (TPSA) is 79.4 Å². The zero-order chi connectivity index (χ0) is 17.9. The second-order valence-corrected chi connectivity index (χ2v) is 8.09. The first-order chi connectivity index (χ1) is 12.0. The number of hydrogen-bond acceptors (Lipinski definition) is 4. The van der Waals surface area contributed by atoms with Crippen molar-refractivity contribution in [2.45, 2.75) is 30.3 Å². The van der Waals surface area contributed by atoms with Crippen LogP contribution in [0.2, 0.25) is 5.02 Å². The van der Waals surface area contributed by atoms with E-state index in [4.69, 9.17) is 11.6 Å². The van der Waals surface area contributed by atoms with Gasteiger partial charge in [-0.05, 0) is 49.2 Å². The molecule has 25 heavy (non-hydrogen) atoms. The van der Waals surface area contributed by atoms with Gasteiger partial charge in [-0.2, -0.15) is 4.31 Å². The maximum Gasteiger partial charge on any atom is 0.243 e. The standard InChI is InChI=1S/C17H18ClN3O3S/c18-13-6-8-15(9-7-13)25(23,24)21-11-3-5-16(21)17(22)20-12-14-4-1-2-10-19-14/h1-2,4,6-10,16H,3,5,11-12H2,(H,20,22). The summed E-state index contributed by atoms with van der Waals surface area (Å²) in [6, 6.07) is 10.7. The monoisotopic (exact) mass is 379 g/mol. The molecule has 1 unspecified atom stereocenters. The molecule has 1 saturated heterocycles. The molecule has 8 heteroatoms. The number of carbonyl (C=O) groups is 1. The van der Waals surface area contributed by atoms with Crippen LogP contribution in [-0.2, 0) is 21.4 Å². The highest BCUT2D eigenvalue weighted by Crippen LogP contribution is 2.27. The molecule has 3 rings (SSSR count). The van der Waals surface area contributed by atoms with Crippen molar-refractivity contribution in [2.75, 3.05) is 6.54 Å². The Labute approximate surface area is 151 Å². The molecule has 0 aliphatic carbocycles. The van der Waals surface area contributed by atoms with Crippen LogP contribution in [0.4, 0.5) is 0 Å². The molecule has 0 radical (unpaired) electrons. The fraction of sp³-hybridized carbons (Fsp3) is 0.294. The predicted octanol–water partition coefficient (Wildman–Crippen LogP) is 2.20. The minimum absolute atomic E-state index is 0.140. The van der Waals surface area contributed by atoms with Gasteiger partial charge < -0.3 is 5.32 Å². The molecule has 0 spiro atoms. The Morgan fingerprint density at radius 2 is 2.00 bits per heavy atom. The number of amides is 1. The van der Waals surface area contributed by atoms with Crippen LogP contribution < -0.4 is 5.32 Å². The fourth-order valence-corrected chi connectivity index (χ4v) is 4.61. The molecule has 1 fully saturated rings. The van der Waals surface area contributed by atoms with E-state index in [0.29, 0.717) is 24.4 Å². The zero-order valence-electron chi connectivity index (χ0n) is 13.4. The van der Waals surface area contributed by atoms with Crippen molar-refractivity contribution in [3.8, 4) is 0 Å². The second kappa shape index (κ2) is 7.51. The van der Waals surface area contributed by atoms with Crippen molar-refractivity contribution in [3.63, 3.8) is 0 Å². The van der Waals surface area contributed by atoms with E-state index in [9.17, 15) is 13.2 Å². The predicted molar refractivity (Wildman–Crippen MR) is 94.4 cm³/mol. The summed E-state index contributed by atoms with van der Waals surface area (Å²) in [7, 11) is -3.73. The molecule has 1 aromatic carbocycles. The Hall–Kier alpha value is -1.96. The lowest BCUT2D eigenvalue weighted by Crippen LogP contribution is -2.45. The van der Waals surface area contributed by atoms with Crippen LogP contribution in [0.1, 0.15) is 18.5 Å². The van der Waals surface area contributed by atoms with Gasteiger partial charge in [-0.15, -0.1) is 0 Å². The number of sulfonamides is 1. The van der Waals surface area contributed by atoms with Gasteiger partial charge in [0.2, 0.25) is 15.9 Å². The first-order valence-electron chi connectivity index (χ1n) is 7.93. The maximum atomic E-state index is 12.8. The van der Waals surface area contributed by atoms with Crippen molar-refractivity contribution in [1.29, 1.82) is 0 Å². The van der Waals surface area contributed by atoms with Gasteiger partial charge in [0, 0.05) is 17.8 Å². The Morgan fingerprint density at radius 3 is 2.68 bits per heavy atom. The Morgan fingerprint density at radius 1 is 1.24 bits per heavy atom. The minimum Gasteiger partial charge on any atom is -0.349 e. The molecule has 1 aromatic heterocycles. The molecule has 1 N–H and O–H groups in total. The smallest absolute Gasteiger partial charge is 0.243 e. The largest absolute Gasteiger partial charge is 0.349 e. The summed E-state index contributed by atoms with van der Waals surface area (Å²) in [6.45, 7) is 0.595. The van der Waals surface area contributed by atoms with Gasteiger partial charge in [0.05, 0.1) is 17.1 Å². The molecule has 1 aliphatic rings.